The van der Waals surface area contributed by atoms with E-state index in [0.29, 0.717) is 17.7 Å². The van der Waals surface area contributed by atoms with Crippen molar-refractivity contribution in [2.75, 3.05) is 7.11 Å². The maximum absolute atomic E-state index is 9.64. The number of allylic oxidation sites excluding steroid dienone is 2. The second kappa shape index (κ2) is 10.1. The van der Waals surface area contributed by atoms with E-state index in [-0.39, 0.29) is 11.5 Å². The maximum Gasteiger partial charge on any atom is 0.167 e. The Bertz CT molecular complexity index is 488. The first-order valence-corrected chi connectivity index (χ1v) is 8.02. The standard InChI is InChI=1S/C10H14O3.C9H18/c1-4-7-5-8(11)10(13-3)6(2)9(7)12;1-5-6-9(4)7-8(2)3/h5,11-12H,4H2,1-3H3;6,8H,5,7H2,1-4H3/b;9-6+. The Balaban J connectivity index is 0.000000433. The van der Waals surface area contributed by atoms with Gasteiger partial charge in [-0.25, -0.2) is 0 Å². The summed E-state index contributed by atoms with van der Waals surface area (Å²) in [6.45, 7) is 12.5. The molecule has 0 atom stereocenters. The summed E-state index contributed by atoms with van der Waals surface area (Å²) in [4.78, 5) is 0. The predicted octanol–water partition coefficient (Wildman–Crippen LogP) is 5.37. The number of hydrogen-bond donors (Lipinski definition) is 2. The lowest BCUT2D eigenvalue weighted by molar-refractivity contribution is 0.363. The molecule has 22 heavy (non-hydrogen) atoms. The van der Waals surface area contributed by atoms with Crippen molar-refractivity contribution in [2.24, 2.45) is 5.92 Å². The first-order chi connectivity index (χ1) is 10.3. The molecule has 1 aromatic rings. The van der Waals surface area contributed by atoms with Gasteiger partial charge in [-0.3, -0.25) is 0 Å². The number of aromatic hydroxyl groups is 2. The molecule has 0 unspecified atom stereocenters. The third-order valence-electron chi connectivity index (χ3n) is 3.41. The minimum Gasteiger partial charge on any atom is -0.507 e. The Labute approximate surface area is 135 Å². The number of phenolic OH excluding ortho intramolecular Hbond substituents is 2. The van der Waals surface area contributed by atoms with Gasteiger partial charge >= 0.3 is 0 Å². The summed E-state index contributed by atoms with van der Waals surface area (Å²) in [7, 11) is 1.47. The van der Waals surface area contributed by atoms with Gasteiger partial charge in [0.25, 0.3) is 0 Å². The summed E-state index contributed by atoms with van der Waals surface area (Å²) < 4.78 is 4.95. The number of hydrogen-bond acceptors (Lipinski definition) is 3. The molecule has 0 aromatic heterocycles. The van der Waals surface area contributed by atoms with Crippen molar-refractivity contribution in [1.82, 2.24) is 0 Å². The van der Waals surface area contributed by atoms with Crippen LogP contribution in [0.5, 0.6) is 17.2 Å². The number of rotatable bonds is 5. The van der Waals surface area contributed by atoms with Gasteiger partial charge in [-0.2, -0.15) is 0 Å². The minimum atomic E-state index is 0.0784. The molecule has 0 spiro atoms. The Kier molecular flexibility index (Phi) is 9.39. The number of phenols is 2. The van der Waals surface area contributed by atoms with Gasteiger partial charge in [0, 0.05) is 5.56 Å². The van der Waals surface area contributed by atoms with Gasteiger partial charge in [0.1, 0.15) is 5.75 Å². The molecule has 0 saturated carbocycles. The molecule has 1 aromatic carbocycles. The quantitative estimate of drug-likeness (QED) is 0.568. The van der Waals surface area contributed by atoms with Crippen molar-refractivity contribution in [3.8, 4) is 17.2 Å². The van der Waals surface area contributed by atoms with E-state index < -0.39 is 0 Å². The van der Waals surface area contributed by atoms with Gasteiger partial charge in [0.05, 0.1) is 7.11 Å². The Morgan fingerprint density at radius 2 is 1.86 bits per heavy atom. The average Bonchev–Trinajstić information content (AvgIpc) is 2.43. The SMILES string of the molecule is CC/C=C(\C)CC(C)C.CCc1cc(O)c(OC)c(C)c1O. The lowest BCUT2D eigenvalue weighted by atomic mass is 10.0. The summed E-state index contributed by atoms with van der Waals surface area (Å²) in [6.07, 6.45) is 5.43. The zero-order valence-corrected chi connectivity index (χ0v) is 15.2. The average molecular weight is 308 g/mol. The van der Waals surface area contributed by atoms with Crippen molar-refractivity contribution >= 4 is 0 Å². The van der Waals surface area contributed by atoms with E-state index in [4.69, 9.17) is 4.74 Å². The van der Waals surface area contributed by atoms with Crippen LogP contribution in [0.15, 0.2) is 17.7 Å². The maximum atomic E-state index is 9.64. The fourth-order valence-corrected chi connectivity index (χ4v) is 2.44. The Hall–Kier alpha value is -1.64. The van der Waals surface area contributed by atoms with Crippen LogP contribution in [-0.2, 0) is 6.42 Å². The topological polar surface area (TPSA) is 49.7 Å². The highest BCUT2D eigenvalue weighted by Gasteiger charge is 2.13. The summed E-state index contributed by atoms with van der Waals surface area (Å²) in [6, 6.07) is 1.53. The van der Waals surface area contributed by atoms with Crippen LogP contribution < -0.4 is 4.74 Å². The lowest BCUT2D eigenvalue weighted by Crippen LogP contribution is -1.92. The third kappa shape index (κ3) is 6.42. The van der Waals surface area contributed by atoms with E-state index >= 15 is 0 Å². The lowest BCUT2D eigenvalue weighted by Gasteiger charge is -2.11. The Morgan fingerprint density at radius 3 is 2.27 bits per heavy atom. The van der Waals surface area contributed by atoms with Crippen LogP contribution >= 0.6 is 0 Å². The van der Waals surface area contributed by atoms with Crippen LogP contribution in [0.4, 0.5) is 0 Å². The van der Waals surface area contributed by atoms with E-state index in [1.54, 1.807) is 6.92 Å². The largest absolute Gasteiger partial charge is 0.507 e. The number of ether oxygens (including phenoxy) is 1. The monoisotopic (exact) mass is 308 g/mol. The van der Waals surface area contributed by atoms with E-state index in [2.05, 4.69) is 33.8 Å². The van der Waals surface area contributed by atoms with Gasteiger partial charge in [-0.15, -0.1) is 0 Å². The molecule has 0 amide bonds. The van der Waals surface area contributed by atoms with Crippen molar-refractivity contribution in [1.29, 1.82) is 0 Å². The summed E-state index contributed by atoms with van der Waals surface area (Å²) in [5.74, 6) is 1.44. The first-order valence-electron chi connectivity index (χ1n) is 8.02. The van der Waals surface area contributed by atoms with E-state index in [0.717, 1.165) is 11.5 Å². The fraction of sp³-hybridized carbons (Fsp3) is 0.579. The molecule has 3 nitrogen and oxygen atoms in total. The molecule has 0 fully saturated rings. The van der Waals surface area contributed by atoms with Gasteiger partial charge in [0.2, 0.25) is 0 Å². The molecule has 0 aliphatic carbocycles. The van der Waals surface area contributed by atoms with Crippen LogP contribution in [0.25, 0.3) is 0 Å². The van der Waals surface area contributed by atoms with Crippen molar-refractivity contribution in [3.63, 3.8) is 0 Å². The molecule has 0 aliphatic heterocycles. The number of aryl methyl sites for hydroxylation is 1. The minimum absolute atomic E-state index is 0.0784. The van der Waals surface area contributed by atoms with Crippen molar-refractivity contribution < 1.29 is 14.9 Å². The van der Waals surface area contributed by atoms with Gasteiger partial charge in [-0.05, 0) is 50.7 Å². The number of methoxy groups -OCH3 is 1. The van der Waals surface area contributed by atoms with Crippen LogP contribution in [0, 0.1) is 12.8 Å². The second-order valence-corrected chi connectivity index (χ2v) is 5.97. The highest BCUT2D eigenvalue weighted by Crippen LogP contribution is 2.38. The highest BCUT2D eigenvalue weighted by atomic mass is 16.5. The molecule has 0 bridgehead atoms. The molecule has 2 N–H and O–H groups in total. The van der Waals surface area contributed by atoms with Crippen LogP contribution in [0.1, 0.15) is 58.6 Å². The van der Waals surface area contributed by atoms with Crippen LogP contribution in [0.3, 0.4) is 0 Å². The van der Waals surface area contributed by atoms with Gasteiger partial charge in [0.15, 0.2) is 11.5 Å². The third-order valence-corrected chi connectivity index (χ3v) is 3.41. The molecule has 0 radical (unpaired) electrons. The molecule has 1 rings (SSSR count). The molecule has 0 heterocycles. The molecule has 126 valence electrons. The van der Waals surface area contributed by atoms with Gasteiger partial charge < -0.3 is 14.9 Å². The fourth-order valence-electron chi connectivity index (χ4n) is 2.44. The van der Waals surface area contributed by atoms with E-state index in [9.17, 15) is 10.2 Å². The van der Waals surface area contributed by atoms with Crippen LogP contribution in [-0.4, -0.2) is 17.3 Å². The number of benzene rings is 1. The van der Waals surface area contributed by atoms with E-state index in [1.165, 1.54) is 31.6 Å². The normalized spacial score (nSPS) is 11.2. The molecular formula is C19H32O3. The van der Waals surface area contributed by atoms with E-state index in [1.807, 2.05) is 6.92 Å². The first kappa shape index (κ1) is 20.4. The highest BCUT2D eigenvalue weighted by molar-refractivity contribution is 5.56. The molecule has 0 saturated heterocycles. The summed E-state index contributed by atoms with van der Waals surface area (Å²) in [5, 5.41) is 19.1. The van der Waals surface area contributed by atoms with Crippen LogP contribution in [0.2, 0.25) is 0 Å². The van der Waals surface area contributed by atoms with Gasteiger partial charge in [-0.1, -0.05) is 39.3 Å². The second-order valence-electron chi connectivity index (χ2n) is 5.97. The van der Waals surface area contributed by atoms with Crippen molar-refractivity contribution in [2.45, 2.75) is 60.8 Å². The molecule has 0 aliphatic rings. The smallest absolute Gasteiger partial charge is 0.167 e. The molecular weight excluding hydrogens is 276 g/mol. The predicted molar refractivity (Wildman–Crippen MR) is 93.9 cm³/mol. The summed E-state index contributed by atoms with van der Waals surface area (Å²) >= 11 is 0. The Morgan fingerprint density at radius 1 is 1.27 bits per heavy atom. The molecule has 3 heteroatoms. The summed E-state index contributed by atoms with van der Waals surface area (Å²) in [5.41, 5.74) is 2.85. The zero-order chi connectivity index (χ0) is 17.3. The van der Waals surface area contributed by atoms with Crippen molar-refractivity contribution in [3.05, 3.63) is 28.8 Å². The zero-order valence-electron chi connectivity index (χ0n) is 15.2.